The third kappa shape index (κ3) is 4.41. The molecule has 1 aliphatic heterocycles. The van der Waals surface area contributed by atoms with Crippen molar-refractivity contribution in [1.82, 2.24) is 9.78 Å². The van der Waals surface area contributed by atoms with E-state index in [1.54, 1.807) is 10.7 Å². The summed E-state index contributed by atoms with van der Waals surface area (Å²) in [6.45, 7) is 3.79. The van der Waals surface area contributed by atoms with Crippen molar-refractivity contribution in [2.24, 2.45) is 5.73 Å². The van der Waals surface area contributed by atoms with Gasteiger partial charge < -0.3 is 19.9 Å². The minimum absolute atomic E-state index is 0.0136. The van der Waals surface area contributed by atoms with Gasteiger partial charge >= 0.3 is 0 Å². The number of fused-ring (bicyclic) bond motifs is 1. The van der Waals surface area contributed by atoms with E-state index in [-0.39, 0.29) is 23.8 Å². The molecule has 3 aromatic carbocycles. The van der Waals surface area contributed by atoms with E-state index in [1.807, 2.05) is 50.2 Å². The van der Waals surface area contributed by atoms with Gasteiger partial charge in [0.15, 0.2) is 11.6 Å². The Morgan fingerprint density at radius 3 is 2.47 bits per heavy atom. The smallest absolute Gasteiger partial charge is 0.229 e. The van der Waals surface area contributed by atoms with Crippen molar-refractivity contribution in [3.63, 3.8) is 0 Å². The van der Waals surface area contributed by atoms with E-state index in [4.69, 9.17) is 25.0 Å². The van der Waals surface area contributed by atoms with Crippen molar-refractivity contribution in [2.45, 2.75) is 26.4 Å². The van der Waals surface area contributed by atoms with Gasteiger partial charge in [-0.2, -0.15) is 10.4 Å². The Hall–Kier alpha value is -4.84. The highest BCUT2D eigenvalue weighted by Gasteiger charge is 2.36. The Morgan fingerprint density at radius 2 is 1.79 bits per heavy atom. The summed E-state index contributed by atoms with van der Waals surface area (Å²) in [6, 6.07) is 18.5. The molecule has 192 valence electrons. The van der Waals surface area contributed by atoms with Crippen LogP contribution in [0.1, 0.15) is 33.9 Å². The number of halogens is 2. The molecule has 0 saturated heterocycles. The van der Waals surface area contributed by atoms with Gasteiger partial charge in [0.1, 0.15) is 29.8 Å². The molecule has 0 bridgehead atoms. The quantitative estimate of drug-likeness (QED) is 0.361. The number of nitrogens with two attached hydrogens (primary N) is 1. The summed E-state index contributed by atoms with van der Waals surface area (Å²) in [5.74, 6) is -1.25. The molecule has 2 heterocycles. The molecule has 0 unspecified atom stereocenters. The lowest BCUT2D eigenvalue weighted by Gasteiger charge is -2.25. The molecule has 9 heteroatoms. The first-order valence-electron chi connectivity index (χ1n) is 11.8. The van der Waals surface area contributed by atoms with Gasteiger partial charge in [-0.15, -0.1) is 0 Å². The van der Waals surface area contributed by atoms with Crippen LogP contribution in [0.15, 0.2) is 72.1 Å². The minimum Gasteiger partial charge on any atom is -0.496 e. The van der Waals surface area contributed by atoms with Crippen molar-refractivity contribution < 1.29 is 23.0 Å². The zero-order chi connectivity index (χ0) is 27.0. The van der Waals surface area contributed by atoms with Gasteiger partial charge in [0.05, 0.1) is 30.0 Å². The highest BCUT2D eigenvalue weighted by atomic mass is 19.1. The van der Waals surface area contributed by atoms with E-state index in [0.29, 0.717) is 28.5 Å². The standard InChI is InChI=1S/C29H24F2N4O3/c1-16-4-8-21(9-5-16)35-29-26(17(2)34-35)27(22(14-32)28(33)38-29)18-6-10-24(36-3)19(12-18)15-37-25-11-7-20(30)13-23(25)31/h4-13,27H,15,33H2,1-3H3/t27-/m0/s1. The normalized spacial score (nSPS) is 14.5. The number of nitrogens with zero attached hydrogens (tertiary/aromatic N) is 3. The van der Waals surface area contributed by atoms with Crippen LogP contribution in [0.2, 0.25) is 0 Å². The predicted molar refractivity (Wildman–Crippen MR) is 136 cm³/mol. The van der Waals surface area contributed by atoms with Crippen molar-refractivity contribution in [1.29, 1.82) is 5.26 Å². The predicted octanol–water partition coefficient (Wildman–Crippen LogP) is 5.57. The van der Waals surface area contributed by atoms with E-state index in [0.717, 1.165) is 28.9 Å². The van der Waals surface area contributed by atoms with Crippen LogP contribution >= 0.6 is 0 Å². The Balaban J connectivity index is 1.58. The van der Waals surface area contributed by atoms with E-state index < -0.39 is 17.6 Å². The van der Waals surface area contributed by atoms with E-state index >= 15 is 0 Å². The van der Waals surface area contributed by atoms with Gasteiger partial charge in [-0.25, -0.2) is 13.5 Å². The molecular weight excluding hydrogens is 490 g/mol. The molecule has 2 N–H and O–H groups in total. The molecule has 0 fully saturated rings. The molecule has 0 radical (unpaired) electrons. The second kappa shape index (κ2) is 9.90. The summed E-state index contributed by atoms with van der Waals surface area (Å²) >= 11 is 0. The Kier molecular flexibility index (Phi) is 6.47. The number of allylic oxidation sites excluding steroid dienone is 1. The largest absolute Gasteiger partial charge is 0.496 e. The topological polar surface area (TPSA) is 95.3 Å². The number of hydrogen-bond acceptors (Lipinski definition) is 6. The van der Waals surface area contributed by atoms with Crippen LogP contribution in [0, 0.1) is 36.8 Å². The van der Waals surface area contributed by atoms with Crippen LogP contribution in [0.3, 0.4) is 0 Å². The average Bonchev–Trinajstić information content (AvgIpc) is 3.23. The molecule has 1 aromatic heterocycles. The van der Waals surface area contributed by atoms with E-state index in [9.17, 15) is 14.0 Å². The number of nitriles is 1. The lowest BCUT2D eigenvalue weighted by Crippen LogP contribution is -2.22. The summed E-state index contributed by atoms with van der Waals surface area (Å²) in [6.07, 6.45) is 0. The van der Waals surface area contributed by atoms with Crippen molar-refractivity contribution in [3.8, 4) is 29.1 Å². The highest BCUT2D eigenvalue weighted by Crippen LogP contribution is 2.45. The fourth-order valence-corrected chi connectivity index (χ4v) is 4.55. The van der Waals surface area contributed by atoms with Gasteiger partial charge in [0.25, 0.3) is 0 Å². The van der Waals surface area contributed by atoms with Crippen molar-refractivity contribution in [3.05, 3.63) is 112 Å². The lowest BCUT2D eigenvalue weighted by molar-refractivity contribution is 0.281. The number of hydrogen-bond donors (Lipinski definition) is 1. The monoisotopic (exact) mass is 514 g/mol. The van der Waals surface area contributed by atoms with Crippen molar-refractivity contribution in [2.75, 3.05) is 7.11 Å². The van der Waals surface area contributed by atoms with Crippen LogP contribution < -0.4 is 19.9 Å². The first-order chi connectivity index (χ1) is 18.3. The highest BCUT2D eigenvalue weighted by molar-refractivity contribution is 5.58. The number of ether oxygens (including phenoxy) is 3. The second-order valence-corrected chi connectivity index (χ2v) is 8.91. The number of rotatable bonds is 6. The third-order valence-corrected chi connectivity index (χ3v) is 6.43. The first-order valence-corrected chi connectivity index (χ1v) is 11.8. The molecule has 4 aromatic rings. The van der Waals surface area contributed by atoms with Gasteiger partial charge in [0.2, 0.25) is 11.8 Å². The van der Waals surface area contributed by atoms with Crippen LogP contribution in [0.4, 0.5) is 8.78 Å². The number of aromatic nitrogens is 2. The first kappa shape index (κ1) is 24.8. The van der Waals surface area contributed by atoms with Crippen LogP contribution in [0.5, 0.6) is 17.4 Å². The number of benzene rings is 3. The Labute approximate surface area is 218 Å². The maximum atomic E-state index is 14.1. The molecule has 0 amide bonds. The minimum atomic E-state index is -0.809. The fraction of sp³-hybridized carbons (Fsp3) is 0.172. The van der Waals surface area contributed by atoms with E-state index in [2.05, 4.69) is 6.07 Å². The zero-order valence-corrected chi connectivity index (χ0v) is 21.0. The summed E-state index contributed by atoms with van der Waals surface area (Å²) in [4.78, 5) is 0. The summed E-state index contributed by atoms with van der Waals surface area (Å²) in [5, 5.41) is 14.7. The molecule has 7 nitrogen and oxygen atoms in total. The molecule has 5 rings (SSSR count). The Bertz CT molecular complexity index is 1600. The zero-order valence-electron chi connectivity index (χ0n) is 21.0. The molecular formula is C29H24F2N4O3. The van der Waals surface area contributed by atoms with Crippen molar-refractivity contribution >= 4 is 0 Å². The summed E-state index contributed by atoms with van der Waals surface area (Å²) < 4.78 is 46.2. The number of methoxy groups -OCH3 is 1. The molecule has 0 saturated carbocycles. The Morgan fingerprint density at radius 1 is 1.05 bits per heavy atom. The van der Waals surface area contributed by atoms with E-state index in [1.165, 1.54) is 13.2 Å². The molecule has 1 atom stereocenters. The van der Waals surface area contributed by atoms with Crippen LogP contribution in [0.25, 0.3) is 5.69 Å². The van der Waals surface area contributed by atoms with Crippen LogP contribution in [-0.4, -0.2) is 16.9 Å². The number of aryl methyl sites for hydroxylation is 2. The maximum absolute atomic E-state index is 14.1. The maximum Gasteiger partial charge on any atom is 0.229 e. The molecule has 1 aliphatic rings. The summed E-state index contributed by atoms with van der Waals surface area (Å²) in [7, 11) is 1.51. The molecule has 38 heavy (non-hydrogen) atoms. The molecule has 0 aliphatic carbocycles. The lowest BCUT2D eigenvalue weighted by atomic mass is 9.83. The van der Waals surface area contributed by atoms with Gasteiger partial charge in [0, 0.05) is 11.6 Å². The third-order valence-electron chi connectivity index (χ3n) is 6.43. The molecule has 0 spiro atoms. The second-order valence-electron chi connectivity index (χ2n) is 8.91. The SMILES string of the molecule is COc1ccc([C@H]2C(C#N)=C(N)Oc3c2c(C)nn3-c2ccc(C)cc2)cc1COc1ccc(F)cc1F. The average molecular weight is 515 g/mol. The van der Waals surface area contributed by atoms with Gasteiger partial charge in [-0.05, 0) is 55.8 Å². The summed E-state index contributed by atoms with van der Waals surface area (Å²) in [5.41, 5.74) is 11.1. The van der Waals surface area contributed by atoms with Gasteiger partial charge in [-0.1, -0.05) is 23.8 Å². The van der Waals surface area contributed by atoms with Gasteiger partial charge in [-0.3, -0.25) is 0 Å². The van der Waals surface area contributed by atoms with Crippen LogP contribution in [-0.2, 0) is 6.61 Å². The fourth-order valence-electron chi connectivity index (χ4n) is 4.55.